The molecule has 0 aliphatic rings. The van der Waals surface area contributed by atoms with Crippen LogP contribution in [0, 0.1) is 0 Å². The molecule has 6 nitrogen and oxygen atoms in total. The average molecular weight is 357 g/mol. The first kappa shape index (κ1) is 24.4. The summed E-state index contributed by atoms with van der Waals surface area (Å²) in [6.45, 7) is 4.28. The Bertz CT molecular complexity index is 195. The van der Waals surface area contributed by atoms with E-state index in [1.54, 1.807) is 42.7 Å². The lowest BCUT2D eigenvalue weighted by atomic mass is 10.4. The molecule has 22 heavy (non-hydrogen) atoms. The first-order valence-electron chi connectivity index (χ1n) is 7.80. The molecule has 136 valence electrons. The fourth-order valence-electron chi connectivity index (χ4n) is 1.90. The van der Waals surface area contributed by atoms with E-state index in [1.807, 2.05) is 0 Å². The highest BCUT2D eigenvalue weighted by atomic mass is 28.4. The van der Waals surface area contributed by atoms with Gasteiger partial charge in [0.2, 0.25) is 0 Å². The van der Waals surface area contributed by atoms with Crippen molar-refractivity contribution in [1.29, 1.82) is 0 Å². The van der Waals surface area contributed by atoms with Crippen molar-refractivity contribution in [2.24, 2.45) is 0 Å². The third kappa shape index (κ3) is 9.36. The molecule has 0 bridgehead atoms. The van der Waals surface area contributed by atoms with Crippen LogP contribution in [0.4, 0.5) is 0 Å². The number of hydrogen-bond acceptors (Lipinski definition) is 6. The van der Waals surface area contributed by atoms with Gasteiger partial charge in [0, 0.05) is 54.7 Å². The molecule has 0 atom stereocenters. The van der Waals surface area contributed by atoms with Crippen molar-refractivity contribution in [3.8, 4) is 0 Å². The minimum absolute atomic E-state index is 0.910. The molecule has 0 spiro atoms. The topological polar surface area (TPSA) is 55.4 Å². The zero-order valence-electron chi connectivity index (χ0n) is 15.7. The van der Waals surface area contributed by atoms with Gasteiger partial charge in [-0.2, -0.15) is 0 Å². The molecule has 0 N–H and O–H groups in total. The highest BCUT2D eigenvalue weighted by molar-refractivity contribution is 6.60. The number of unbranched alkanes of at least 4 members (excludes halogenated alkanes) is 2. The number of rotatable bonds is 12. The quantitative estimate of drug-likeness (QED) is 0.500. The van der Waals surface area contributed by atoms with Crippen LogP contribution in [0.1, 0.15) is 39.5 Å². The Kier molecular flexibility index (Phi) is 16.4. The first-order valence-corrected chi connectivity index (χ1v) is 11.7. The monoisotopic (exact) mass is 356 g/mol. The van der Waals surface area contributed by atoms with Gasteiger partial charge in [-0.15, -0.1) is 0 Å². The van der Waals surface area contributed by atoms with E-state index in [0.29, 0.717) is 0 Å². The van der Waals surface area contributed by atoms with Crippen molar-refractivity contribution in [2.45, 2.75) is 51.6 Å². The second kappa shape index (κ2) is 14.8. The second-order valence-electron chi connectivity index (χ2n) is 4.80. The molecule has 0 rings (SSSR count). The maximum atomic E-state index is 5.23. The predicted molar refractivity (Wildman–Crippen MR) is 93.0 cm³/mol. The van der Waals surface area contributed by atoms with Gasteiger partial charge >= 0.3 is 17.6 Å². The van der Waals surface area contributed by atoms with Crippen molar-refractivity contribution >= 4 is 17.6 Å². The molecule has 0 aromatic rings. The molecule has 0 aromatic heterocycles. The largest absolute Gasteiger partial charge is 0.500 e. The van der Waals surface area contributed by atoms with Crippen LogP contribution in [0.5, 0.6) is 0 Å². The van der Waals surface area contributed by atoms with Crippen LogP contribution in [-0.2, 0) is 26.6 Å². The molecular formula is C14H36O6Si2. The normalized spacial score (nSPS) is 12.0. The van der Waals surface area contributed by atoms with Crippen molar-refractivity contribution in [2.75, 3.05) is 42.7 Å². The summed E-state index contributed by atoms with van der Waals surface area (Å²) < 4.78 is 31.4. The van der Waals surface area contributed by atoms with Gasteiger partial charge in [0.05, 0.1) is 0 Å². The predicted octanol–water partition coefficient (Wildman–Crippen LogP) is 3.33. The van der Waals surface area contributed by atoms with Crippen LogP contribution in [0.2, 0.25) is 12.1 Å². The van der Waals surface area contributed by atoms with E-state index >= 15 is 0 Å². The Labute approximate surface area is 139 Å². The molecule has 0 unspecified atom stereocenters. The molecule has 0 saturated heterocycles. The van der Waals surface area contributed by atoms with Crippen LogP contribution < -0.4 is 0 Å². The van der Waals surface area contributed by atoms with Gasteiger partial charge in [0.25, 0.3) is 0 Å². The van der Waals surface area contributed by atoms with Gasteiger partial charge in [-0.25, -0.2) is 0 Å². The highest BCUT2D eigenvalue weighted by Crippen LogP contribution is 2.16. The molecule has 0 radical (unpaired) electrons. The standard InChI is InChI=1S/2C7H18O3Si/c2*1-5-6-7-11(8-2,9-3)10-4/h2*5-7H2,1-4H3. The zero-order chi connectivity index (χ0) is 17.5. The van der Waals surface area contributed by atoms with Gasteiger partial charge in [0.1, 0.15) is 0 Å². The van der Waals surface area contributed by atoms with Crippen LogP contribution in [0.3, 0.4) is 0 Å². The van der Waals surface area contributed by atoms with Crippen molar-refractivity contribution in [3.63, 3.8) is 0 Å². The Morgan fingerprint density at radius 1 is 0.500 bits per heavy atom. The fraction of sp³-hybridized carbons (Fsp3) is 1.00. The molecule has 0 fully saturated rings. The van der Waals surface area contributed by atoms with Gasteiger partial charge in [-0.3, -0.25) is 0 Å². The minimum Gasteiger partial charge on any atom is -0.377 e. The van der Waals surface area contributed by atoms with E-state index in [-0.39, 0.29) is 0 Å². The van der Waals surface area contributed by atoms with E-state index in [4.69, 9.17) is 26.6 Å². The number of hydrogen-bond donors (Lipinski definition) is 0. The van der Waals surface area contributed by atoms with Crippen molar-refractivity contribution < 1.29 is 26.6 Å². The molecule has 0 aliphatic heterocycles. The smallest absolute Gasteiger partial charge is 0.377 e. The van der Waals surface area contributed by atoms with E-state index in [9.17, 15) is 0 Å². The van der Waals surface area contributed by atoms with Gasteiger partial charge in [-0.1, -0.05) is 26.7 Å². The third-order valence-corrected chi connectivity index (χ3v) is 9.20. The maximum Gasteiger partial charge on any atom is 0.500 e. The second-order valence-corrected chi connectivity index (χ2v) is 11.0. The molecule has 0 aromatic carbocycles. The lowest BCUT2D eigenvalue weighted by Gasteiger charge is -2.23. The summed E-state index contributed by atoms with van der Waals surface area (Å²) in [7, 11) is 5.41. The summed E-state index contributed by atoms with van der Waals surface area (Å²) in [4.78, 5) is 0. The fourth-order valence-corrected chi connectivity index (χ4v) is 5.70. The minimum atomic E-state index is -2.24. The van der Waals surface area contributed by atoms with Crippen molar-refractivity contribution in [3.05, 3.63) is 0 Å². The van der Waals surface area contributed by atoms with E-state index in [1.165, 1.54) is 0 Å². The summed E-state index contributed by atoms with van der Waals surface area (Å²) in [5.74, 6) is 0. The molecule has 8 heteroatoms. The Hall–Kier alpha value is 0.194. The van der Waals surface area contributed by atoms with Crippen LogP contribution in [0.25, 0.3) is 0 Å². The maximum absolute atomic E-state index is 5.23. The van der Waals surface area contributed by atoms with E-state index in [0.717, 1.165) is 37.8 Å². The van der Waals surface area contributed by atoms with E-state index < -0.39 is 17.6 Å². The SMILES string of the molecule is CCCC[Si](OC)(OC)OC.CCCC[Si](OC)(OC)OC. The third-order valence-electron chi connectivity index (χ3n) is 3.54. The highest BCUT2D eigenvalue weighted by Gasteiger charge is 2.37. The average Bonchev–Trinajstić information content (AvgIpc) is 2.59. The molecule has 0 heterocycles. The molecule has 0 aliphatic carbocycles. The summed E-state index contributed by atoms with van der Waals surface area (Å²) in [5, 5.41) is 0. The summed E-state index contributed by atoms with van der Waals surface area (Å²) >= 11 is 0. The van der Waals surface area contributed by atoms with Gasteiger partial charge in [-0.05, 0) is 12.8 Å². The van der Waals surface area contributed by atoms with E-state index in [2.05, 4.69) is 13.8 Å². The van der Waals surface area contributed by atoms with Crippen molar-refractivity contribution in [1.82, 2.24) is 0 Å². The van der Waals surface area contributed by atoms with Gasteiger partial charge in [0.15, 0.2) is 0 Å². The first-order chi connectivity index (χ1) is 10.5. The summed E-state index contributed by atoms with van der Waals surface area (Å²) in [5.41, 5.74) is 0. The van der Waals surface area contributed by atoms with Crippen LogP contribution >= 0.6 is 0 Å². The molecule has 0 saturated carbocycles. The zero-order valence-corrected chi connectivity index (χ0v) is 17.7. The Morgan fingerprint density at radius 3 is 0.864 bits per heavy atom. The molecular weight excluding hydrogens is 320 g/mol. The lowest BCUT2D eigenvalue weighted by molar-refractivity contribution is 0.122. The lowest BCUT2D eigenvalue weighted by Crippen LogP contribution is -2.42. The van der Waals surface area contributed by atoms with Crippen LogP contribution in [-0.4, -0.2) is 60.3 Å². The Balaban J connectivity index is 0. The molecule has 0 amide bonds. The van der Waals surface area contributed by atoms with Gasteiger partial charge < -0.3 is 26.6 Å². The summed E-state index contributed by atoms with van der Waals surface area (Å²) in [6.07, 6.45) is 4.49. The Morgan fingerprint density at radius 2 is 0.727 bits per heavy atom. The summed E-state index contributed by atoms with van der Waals surface area (Å²) in [6, 6.07) is 1.82. The van der Waals surface area contributed by atoms with Crippen LogP contribution in [0.15, 0.2) is 0 Å².